The summed E-state index contributed by atoms with van der Waals surface area (Å²) in [6, 6.07) is 6.39. The third-order valence-corrected chi connectivity index (χ3v) is 7.31. The summed E-state index contributed by atoms with van der Waals surface area (Å²) in [7, 11) is 3.58. The summed E-state index contributed by atoms with van der Waals surface area (Å²) in [5.74, 6) is 1.24. The Hall–Kier alpha value is -3.67. The van der Waals surface area contributed by atoms with Crippen LogP contribution in [0, 0.1) is 0 Å². The van der Waals surface area contributed by atoms with Crippen molar-refractivity contribution in [1.82, 2.24) is 34.7 Å². The summed E-state index contributed by atoms with van der Waals surface area (Å²) >= 11 is 0. The lowest BCUT2D eigenvalue weighted by molar-refractivity contribution is 0.108. The summed E-state index contributed by atoms with van der Waals surface area (Å²) in [4.78, 5) is 2.35. The molecule has 2 bridgehead atoms. The Morgan fingerprint density at radius 1 is 1.20 bits per heavy atom. The van der Waals surface area contributed by atoms with Crippen LogP contribution in [-0.4, -0.2) is 78.3 Å². The Morgan fingerprint density at radius 3 is 2.71 bits per heavy atom. The zero-order chi connectivity index (χ0) is 29.3. The van der Waals surface area contributed by atoms with E-state index < -0.39 is 6.10 Å². The molecular weight excluding hydrogens is 522 g/mol. The molecule has 1 aromatic carbocycles. The molecule has 2 N–H and O–H groups in total. The number of hydrogen-bond acceptors (Lipinski definition) is 8. The SMILES string of the molecule is CCOc1nn(C[C@H](C)O)c2c1/C=C/c1[nH]nc3ccc(cc13)-c1c(COC)nn(C)c1O[C@@H](C)CN(C(C)C)C2. The van der Waals surface area contributed by atoms with Crippen LogP contribution in [0.4, 0.5) is 0 Å². The minimum atomic E-state index is -0.566. The summed E-state index contributed by atoms with van der Waals surface area (Å²) in [6.45, 7) is 12.6. The second kappa shape index (κ2) is 12.1. The van der Waals surface area contributed by atoms with Crippen molar-refractivity contribution in [2.75, 3.05) is 20.3 Å². The number of nitrogens with one attached hydrogen (secondary N) is 1. The van der Waals surface area contributed by atoms with Gasteiger partial charge in [-0.1, -0.05) is 6.07 Å². The molecule has 0 amide bonds. The van der Waals surface area contributed by atoms with Gasteiger partial charge in [0.05, 0.1) is 59.6 Å². The van der Waals surface area contributed by atoms with E-state index >= 15 is 0 Å². The number of aliphatic hydroxyl groups is 1. The Balaban J connectivity index is 1.73. The molecule has 5 rings (SSSR count). The predicted octanol–water partition coefficient (Wildman–Crippen LogP) is 4.25. The van der Waals surface area contributed by atoms with Gasteiger partial charge in [-0.3, -0.25) is 14.7 Å². The van der Waals surface area contributed by atoms with Crippen molar-refractivity contribution in [3.05, 3.63) is 40.8 Å². The van der Waals surface area contributed by atoms with Crippen LogP contribution in [0.1, 0.15) is 57.3 Å². The van der Waals surface area contributed by atoms with Crippen LogP contribution in [0.15, 0.2) is 18.2 Å². The first-order valence-corrected chi connectivity index (χ1v) is 14.2. The van der Waals surface area contributed by atoms with E-state index in [2.05, 4.69) is 41.9 Å². The highest BCUT2D eigenvalue weighted by atomic mass is 16.5. The number of aromatic nitrogens is 6. The summed E-state index contributed by atoms with van der Waals surface area (Å²) in [5.41, 5.74) is 6.28. The summed E-state index contributed by atoms with van der Waals surface area (Å²) < 4.78 is 21.8. The third-order valence-electron chi connectivity index (χ3n) is 7.31. The maximum absolute atomic E-state index is 10.3. The zero-order valence-corrected chi connectivity index (χ0v) is 25.0. The van der Waals surface area contributed by atoms with Gasteiger partial charge >= 0.3 is 0 Å². The molecule has 0 saturated heterocycles. The Labute approximate surface area is 240 Å². The summed E-state index contributed by atoms with van der Waals surface area (Å²) in [5, 5.41) is 28.5. The van der Waals surface area contributed by atoms with E-state index in [0.717, 1.165) is 44.7 Å². The number of ether oxygens (including phenoxy) is 3. The fraction of sp³-hybridized carbons (Fsp3) is 0.500. The van der Waals surface area contributed by atoms with Crippen molar-refractivity contribution < 1.29 is 19.3 Å². The molecule has 0 fully saturated rings. The fourth-order valence-electron chi connectivity index (χ4n) is 5.38. The Morgan fingerprint density at radius 2 is 2.00 bits per heavy atom. The molecule has 0 radical (unpaired) electrons. The van der Waals surface area contributed by atoms with Crippen molar-refractivity contribution in [2.24, 2.45) is 7.05 Å². The predicted molar refractivity (Wildman–Crippen MR) is 159 cm³/mol. The molecule has 11 heteroatoms. The van der Waals surface area contributed by atoms with E-state index in [0.29, 0.717) is 44.6 Å². The van der Waals surface area contributed by atoms with Crippen LogP contribution >= 0.6 is 0 Å². The maximum Gasteiger partial charge on any atom is 0.240 e. The zero-order valence-electron chi connectivity index (χ0n) is 25.0. The first-order chi connectivity index (χ1) is 19.7. The van der Waals surface area contributed by atoms with Crippen LogP contribution in [-0.2, 0) is 31.5 Å². The molecule has 41 heavy (non-hydrogen) atoms. The molecule has 0 spiro atoms. The van der Waals surface area contributed by atoms with Crippen molar-refractivity contribution in [3.63, 3.8) is 0 Å². The molecule has 11 nitrogen and oxygen atoms in total. The van der Waals surface area contributed by atoms with Gasteiger partial charge in [-0.2, -0.15) is 10.2 Å². The van der Waals surface area contributed by atoms with Crippen LogP contribution in [0.3, 0.4) is 0 Å². The maximum atomic E-state index is 10.3. The second-order valence-electron chi connectivity index (χ2n) is 11.0. The van der Waals surface area contributed by atoms with Gasteiger partial charge in [0.1, 0.15) is 6.10 Å². The first-order valence-electron chi connectivity index (χ1n) is 14.2. The highest BCUT2D eigenvalue weighted by Gasteiger charge is 2.26. The molecule has 4 aromatic rings. The number of methoxy groups -OCH3 is 1. The molecule has 0 aliphatic carbocycles. The summed E-state index contributed by atoms with van der Waals surface area (Å²) in [6.07, 6.45) is 3.34. The van der Waals surface area contributed by atoms with E-state index in [1.54, 1.807) is 18.7 Å². The number of hydrogen-bond donors (Lipinski definition) is 2. The van der Waals surface area contributed by atoms with Gasteiger partial charge in [-0.05, 0) is 64.5 Å². The Kier molecular flexibility index (Phi) is 8.48. The molecular formula is C30H41N7O4. The monoisotopic (exact) mass is 563 g/mol. The van der Waals surface area contributed by atoms with E-state index in [9.17, 15) is 5.11 Å². The minimum absolute atomic E-state index is 0.154. The standard InChI is InChI=1S/C30H41N7O4/c1-8-40-29-22-10-12-25-23-13-21(9-11-24(23)31-32-25)28-26(17-39-7)33-35(6)30(28)41-20(5)15-36(18(2)3)16-27(22)37(34-29)14-19(4)38/h9-13,18-20,38H,8,14-17H2,1-7H3,(H,31,32)/b12-10+/t19-,20-/m0/s1. The second-order valence-corrected chi connectivity index (χ2v) is 11.0. The number of aryl methyl sites for hydroxylation is 1. The number of rotatable bonds is 7. The quantitative estimate of drug-likeness (QED) is 0.343. The fourth-order valence-corrected chi connectivity index (χ4v) is 5.38. The van der Waals surface area contributed by atoms with Gasteiger partial charge < -0.3 is 19.3 Å². The molecule has 1 aliphatic heterocycles. The van der Waals surface area contributed by atoms with Gasteiger partial charge in [0.2, 0.25) is 11.8 Å². The largest absolute Gasteiger partial charge is 0.476 e. The number of nitrogens with zero attached hydrogens (tertiary/aromatic N) is 6. The molecule has 3 aromatic heterocycles. The van der Waals surface area contributed by atoms with E-state index in [-0.39, 0.29) is 12.1 Å². The van der Waals surface area contributed by atoms with Crippen LogP contribution in [0.2, 0.25) is 0 Å². The number of aliphatic hydroxyl groups excluding tert-OH is 1. The number of fused-ring (bicyclic) bond motifs is 4. The van der Waals surface area contributed by atoms with Gasteiger partial charge in [0.25, 0.3) is 0 Å². The molecule has 0 unspecified atom stereocenters. The average molecular weight is 564 g/mol. The van der Waals surface area contributed by atoms with E-state index in [1.807, 2.05) is 42.9 Å². The van der Waals surface area contributed by atoms with Crippen molar-refractivity contribution >= 4 is 23.1 Å². The molecule has 4 heterocycles. The third kappa shape index (κ3) is 5.88. The van der Waals surface area contributed by atoms with Crippen molar-refractivity contribution in [2.45, 2.75) is 72.6 Å². The first kappa shape index (κ1) is 28.8. The van der Waals surface area contributed by atoms with Gasteiger partial charge in [-0.25, -0.2) is 4.68 Å². The van der Waals surface area contributed by atoms with Gasteiger partial charge in [0.15, 0.2) is 0 Å². The van der Waals surface area contributed by atoms with Crippen LogP contribution in [0.5, 0.6) is 11.8 Å². The Bertz CT molecular complexity index is 1530. The van der Waals surface area contributed by atoms with E-state index in [4.69, 9.17) is 24.4 Å². The molecule has 0 saturated carbocycles. The van der Waals surface area contributed by atoms with Crippen LogP contribution < -0.4 is 9.47 Å². The lowest BCUT2D eigenvalue weighted by Gasteiger charge is -2.30. The topological polar surface area (TPSA) is 115 Å². The normalized spacial score (nSPS) is 17.6. The number of benzene rings is 1. The highest BCUT2D eigenvalue weighted by molar-refractivity contribution is 5.93. The van der Waals surface area contributed by atoms with Crippen LogP contribution in [0.25, 0.3) is 34.2 Å². The smallest absolute Gasteiger partial charge is 0.240 e. The molecule has 2 atom stereocenters. The molecule has 1 aliphatic rings. The lowest BCUT2D eigenvalue weighted by atomic mass is 10.0. The van der Waals surface area contributed by atoms with Crippen molar-refractivity contribution in [1.29, 1.82) is 0 Å². The number of aromatic amines is 1. The average Bonchev–Trinajstić information content (AvgIpc) is 3.55. The lowest BCUT2D eigenvalue weighted by Crippen LogP contribution is -2.39. The van der Waals surface area contributed by atoms with E-state index in [1.165, 1.54) is 0 Å². The van der Waals surface area contributed by atoms with Crippen molar-refractivity contribution in [3.8, 4) is 22.9 Å². The minimum Gasteiger partial charge on any atom is -0.476 e. The molecule has 220 valence electrons. The highest BCUT2D eigenvalue weighted by Crippen LogP contribution is 2.37. The number of H-pyrrole nitrogens is 1. The van der Waals surface area contributed by atoms with Gasteiger partial charge in [0, 0.05) is 38.7 Å². The van der Waals surface area contributed by atoms with Gasteiger partial charge in [-0.15, -0.1) is 5.10 Å².